The molecular formula is C15H13NO3. The van der Waals surface area contributed by atoms with Gasteiger partial charge in [0.15, 0.2) is 5.69 Å². The Balaban J connectivity index is 2.09. The summed E-state index contributed by atoms with van der Waals surface area (Å²) in [4.78, 5) is 15.1. The van der Waals surface area contributed by atoms with Crippen LogP contribution in [0.3, 0.4) is 0 Å². The van der Waals surface area contributed by atoms with Gasteiger partial charge in [-0.1, -0.05) is 12.1 Å². The number of carbonyl (C=O) groups is 1. The second-order valence-corrected chi connectivity index (χ2v) is 4.66. The zero-order valence-electron chi connectivity index (χ0n) is 10.5. The standard InChI is InChI=1S/C15H13NO3/c1-9-7-11-8-10(4-5-13(11)19-9)12-3-2-6-16-14(12)15(17)18/h2-6,8-9H,7H2,1H3,(H,17,18). The number of aromatic carboxylic acids is 1. The summed E-state index contributed by atoms with van der Waals surface area (Å²) >= 11 is 0. The minimum absolute atomic E-state index is 0.0782. The Kier molecular flexibility index (Phi) is 2.71. The normalized spacial score (nSPS) is 16.8. The van der Waals surface area contributed by atoms with Crippen molar-refractivity contribution in [3.05, 3.63) is 47.8 Å². The minimum atomic E-state index is -1.01. The van der Waals surface area contributed by atoms with E-state index in [1.54, 1.807) is 12.1 Å². The summed E-state index contributed by atoms with van der Waals surface area (Å²) in [6.45, 7) is 2.02. The monoisotopic (exact) mass is 255 g/mol. The summed E-state index contributed by atoms with van der Waals surface area (Å²) in [5.41, 5.74) is 2.69. The Hall–Kier alpha value is -2.36. The third-order valence-electron chi connectivity index (χ3n) is 3.22. The minimum Gasteiger partial charge on any atom is -0.490 e. The van der Waals surface area contributed by atoms with Gasteiger partial charge in [0.1, 0.15) is 11.9 Å². The molecule has 1 N–H and O–H groups in total. The first-order chi connectivity index (χ1) is 9.15. The molecular weight excluding hydrogens is 242 g/mol. The SMILES string of the molecule is CC1Cc2cc(-c3cccnc3C(=O)O)ccc2O1. The first-order valence-electron chi connectivity index (χ1n) is 6.13. The van der Waals surface area contributed by atoms with Crippen molar-refractivity contribution < 1.29 is 14.6 Å². The van der Waals surface area contributed by atoms with Crippen LogP contribution in [0.5, 0.6) is 5.75 Å². The van der Waals surface area contributed by atoms with Crippen LogP contribution in [0.1, 0.15) is 23.0 Å². The first kappa shape index (κ1) is 11.7. The van der Waals surface area contributed by atoms with Crippen LogP contribution in [0.25, 0.3) is 11.1 Å². The highest BCUT2D eigenvalue weighted by Gasteiger charge is 2.20. The summed E-state index contributed by atoms with van der Waals surface area (Å²) in [5.74, 6) is -0.127. The number of fused-ring (bicyclic) bond motifs is 1. The van der Waals surface area contributed by atoms with Gasteiger partial charge in [0.05, 0.1) is 0 Å². The van der Waals surface area contributed by atoms with E-state index in [1.807, 2.05) is 25.1 Å². The highest BCUT2D eigenvalue weighted by atomic mass is 16.5. The van der Waals surface area contributed by atoms with Gasteiger partial charge < -0.3 is 9.84 Å². The lowest BCUT2D eigenvalue weighted by Crippen LogP contribution is -2.05. The molecule has 0 spiro atoms. The van der Waals surface area contributed by atoms with Crippen LogP contribution in [0.2, 0.25) is 0 Å². The van der Waals surface area contributed by atoms with Gasteiger partial charge in [-0.2, -0.15) is 0 Å². The summed E-state index contributed by atoms with van der Waals surface area (Å²) in [7, 11) is 0. The fourth-order valence-corrected chi connectivity index (χ4v) is 2.40. The van der Waals surface area contributed by atoms with Crippen LogP contribution in [-0.4, -0.2) is 22.2 Å². The highest BCUT2D eigenvalue weighted by Crippen LogP contribution is 2.33. The van der Waals surface area contributed by atoms with Crippen LogP contribution in [0.4, 0.5) is 0 Å². The van der Waals surface area contributed by atoms with Gasteiger partial charge in [-0.25, -0.2) is 9.78 Å². The second kappa shape index (κ2) is 4.39. The van der Waals surface area contributed by atoms with Crippen molar-refractivity contribution in [2.75, 3.05) is 0 Å². The number of carboxylic acid groups (broad SMARTS) is 1. The fraction of sp³-hybridized carbons (Fsp3) is 0.200. The molecule has 4 heteroatoms. The molecule has 1 unspecified atom stereocenters. The highest BCUT2D eigenvalue weighted by molar-refractivity contribution is 5.93. The van der Waals surface area contributed by atoms with Gasteiger partial charge in [0.2, 0.25) is 0 Å². The number of aromatic nitrogens is 1. The topological polar surface area (TPSA) is 59.4 Å². The molecule has 0 amide bonds. The average molecular weight is 255 g/mol. The molecule has 96 valence electrons. The van der Waals surface area contributed by atoms with Crippen LogP contribution in [0.15, 0.2) is 36.5 Å². The smallest absolute Gasteiger partial charge is 0.355 e. The lowest BCUT2D eigenvalue weighted by atomic mass is 10.00. The van der Waals surface area contributed by atoms with E-state index in [1.165, 1.54) is 6.20 Å². The average Bonchev–Trinajstić information content (AvgIpc) is 2.77. The molecule has 0 aliphatic carbocycles. The van der Waals surface area contributed by atoms with Crippen LogP contribution in [-0.2, 0) is 6.42 Å². The Labute approximate surface area is 110 Å². The Bertz CT molecular complexity index is 652. The molecule has 1 aromatic heterocycles. The maximum atomic E-state index is 11.2. The molecule has 1 aliphatic heterocycles. The van der Waals surface area contributed by atoms with Crippen molar-refractivity contribution in [3.8, 4) is 16.9 Å². The number of benzene rings is 1. The number of hydrogen-bond acceptors (Lipinski definition) is 3. The molecule has 0 saturated carbocycles. The largest absolute Gasteiger partial charge is 0.490 e. The molecule has 2 aromatic rings. The van der Waals surface area contributed by atoms with Gasteiger partial charge >= 0.3 is 5.97 Å². The maximum absolute atomic E-state index is 11.2. The number of carboxylic acids is 1. The van der Waals surface area contributed by atoms with Gasteiger partial charge in [0, 0.05) is 18.2 Å². The summed E-state index contributed by atoms with van der Waals surface area (Å²) in [5, 5.41) is 9.18. The third kappa shape index (κ3) is 2.05. The molecule has 3 rings (SSSR count). The molecule has 0 saturated heterocycles. The van der Waals surface area contributed by atoms with E-state index in [-0.39, 0.29) is 11.8 Å². The molecule has 1 atom stereocenters. The fourth-order valence-electron chi connectivity index (χ4n) is 2.40. The van der Waals surface area contributed by atoms with E-state index in [4.69, 9.17) is 4.74 Å². The predicted octanol–water partition coefficient (Wildman–Crippen LogP) is 2.77. The Morgan fingerprint density at radius 3 is 3.05 bits per heavy atom. The molecule has 0 bridgehead atoms. The van der Waals surface area contributed by atoms with Crippen molar-refractivity contribution in [1.82, 2.24) is 4.98 Å². The van der Waals surface area contributed by atoms with E-state index in [2.05, 4.69) is 4.98 Å². The van der Waals surface area contributed by atoms with E-state index in [0.29, 0.717) is 5.56 Å². The van der Waals surface area contributed by atoms with E-state index in [0.717, 1.165) is 23.3 Å². The Morgan fingerprint density at radius 1 is 1.42 bits per heavy atom. The van der Waals surface area contributed by atoms with E-state index in [9.17, 15) is 9.90 Å². The van der Waals surface area contributed by atoms with Crippen LogP contribution in [0, 0.1) is 0 Å². The summed E-state index contributed by atoms with van der Waals surface area (Å²) in [6.07, 6.45) is 2.52. The second-order valence-electron chi connectivity index (χ2n) is 4.66. The van der Waals surface area contributed by atoms with Crippen molar-refractivity contribution in [2.45, 2.75) is 19.4 Å². The van der Waals surface area contributed by atoms with Crippen molar-refractivity contribution in [2.24, 2.45) is 0 Å². The van der Waals surface area contributed by atoms with E-state index >= 15 is 0 Å². The molecule has 2 heterocycles. The quantitative estimate of drug-likeness (QED) is 0.896. The molecule has 4 nitrogen and oxygen atoms in total. The first-order valence-corrected chi connectivity index (χ1v) is 6.13. The lowest BCUT2D eigenvalue weighted by molar-refractivity contribution is 0.0691. The van der Waals surface area contributed by atoms with Crippen molar-refractivity contribution >= 4 is 5.97 Å². The van der Waals surface area contributed by atoms with Gasteiger partial charge in [0.25, 0.3) is 0 Å². The van der Waals surface area contributed by atoms with Crippen LogP contribution < -0.4 is 4.74 Å². The van der Waals surface area contributed by atoms with Crippen molar-refractivity contribution in [1.29, 1.82) is 0 Å². The number of ether oxygens (including phenoxy) is 1. The van der Waals surface area contributed by atoms with Gasteiger partial charge in [-0.05, 0) is 36.2 Å². The number of pyridine rings is 1. The van der Waals surface area contributed by atoms with Crippen molar-refractivity contribution in [3.63, 3.8) is 0 Å². The Morgan fingerprint density at radius 2 is 2.26 bits per heavy atom. The van der Waals surface area contributed by atoms with Crippen LogP contribution >= 0.6 is 0 Å². The molecule has 1 aliphatic rings. The van der Waals surface area contributed by atoms with E-state index < -0.39 is 5.97 Å². The molecule has 0 fully saturated rings. The molecule has 19 heavy (non-hydrogen) atoms. The summed E-state index contributed by atoms with van der Waals surface area (Å²) in [6, 6.07) is 9.28. The molecule has 0 radical (unpaired) electrons. The number of nitrogens with zero attached hydrogens (tertiary/aromatic N) is 1. The number of rotatable bonds is 2. The third-order valence-corrected chi connectivity index (χ3v) is 3.22. The molecule has 1 aromatic carbocycles. The predicted molar refractivity (Wildman–Crippen MR) is 70.4 cm³/mol. The van der Waals surface area contributed by atoms with Gasteiger partial charge in [-0.15, -0.1) is 0 Å². The summed E-state index contributed by atoms with van der Waals surface area (Å²) < 4.78 is 5.64. The zero-order valence-corrected chi connectivity index (χ0v) is 10.5. The zero-order chi connectivity index (χ0) is 13.4. The van der Waals surface area contributed by atoms with Gasteiger partial charge in [-0.3, -0.25) is 0 Å². The number of hydrogen-bond donors (Lipinski definition) is 1. The maximum Gasteiger partial charge on any atom is 0.355 e. The lowest BCUT2D eigenvalue weighted by Gasteiger charge is -2.07.